The predicted octanol–water partition coefficient (Wildman–Crippen LogP) is 1.10. The highest BCUT2D eigenvalue weighted by Crippen LogP contribution is 2.19. The van der Waals surface area contributed by atoms with E-state index in [0.29, 0.717) is 30.4 Å². The third-order valence-electron chi connectivity index (χ3n) is 4.72. The lowest BCUT2D eigenvalue weighted by atomic mass is 10.1. The Labute approximate surface area is 157 Å². The Balaban J connectivity index is 1.39. The average molecular weight is 366 g/mol. The first kappa shape index (κ1) is 17.6. The highest BCUT2D eigenvalue weighted by atomic mass is 16.5. The molecule has 1 saturated heterocycles. The first-order valence-electron chi connectivity index (χ1n) is 8.99. The van der Waals surface area contributed by atoms with Crippen LogP contribution in [-0.4, -0.2) is 70.3 Å². The summed E-state index contributed by atoms with van der Waals surface area (Å²) >= 11 is 0. The number of rotatable bonds is 4. The van der Waals surface area contributed by atoms with Crippen LogP contribution >= 0.6 is 0 Å². The zero-order valence-electron chi connectivity index (χ0n) is 15.2. The summed E-state index contributed by atoms with van der Waals surface area (Å²) < 4.78 is 7.36. The molecule has 2 aromatic heterocycles. The van der Waals surface area contributed by atoms with Crippen molar-refractivity contribution in [3.8, 4) is 11.1 Å². The number of likely N-dealkylation sites (N-methyl/N-ethyl adjacent to an activating group) is 1. The number of fused-ring (bicyclic) bond motifs is 1. The molecule has 4 rings (SSSR count). The van der Waals surface area contributed by atoms with Gasteiger partial charge in [0.25, 0.3) is 11.7 Å². The van der Waals surface area contributed by atoms with E-state index in [1.54, 1.807) is 16.9 Å². The number of aromatic nitrogens is 4. The smallest absolute Gasteiger partial charge is 0.254 e. The second-order valence-electron chi connectivity index (χ2n) is 6.87. The molecule has 0 aliphatic carbocycles. The van der Waals surface area contributed by atoms with Crippen molar-refractivity contribution >= 4 is 11.7 Å². The van der Waals surface area contributed by atoms with Gasteiger partial charge < -0.3 is 15.0 Å². The molecule has 0 saturated carbocycles. The van der Waals surface area contributed by atoms with Gasteiger partial charge in [-0.05, 0) is 24.7 Å². The number of amides is 1. The molecule has 1 N–H and O–H groups in total. The maximum Gasteiger partial charge on any atom is 0.254 e. The Kier molecular flexibility index (Phi) is 5.08. The van der Waals surface area contributed by atoms with Gasteiger partial charge >= 0.3 is 0 Å². The number of carbonyl (C=O) groups excluding carboxylic acids is 1. The first-order chi connectivity index (χ1) is 13.2. The number of ether oxygens (including phenoxy) is 1. The standard InChI is InChI=1S/C19H22N6O2/c1-24-6-7-27-12-14(10-24)8-20-18(26)16-4-2-15(3-5-16)17-9-21-19-23-22-13-25(19)11-17/h2-5,9,11,13-14H,6-8,10,12H2,1H3,(H,20,26). The van der Waals surface area contributed by atoms with Crippen molar-refractivity contribution < 1.29 is 9.53 Å². The lowest BCUT2D eigenvalue weighted by Crippen LogP contribution is -2.35. The minimum Gasteiger partial charge on any atom is -0.380 e. The molecule has 27 heavy (non-hydrogen) atoms. The lowest BCUT2D eigenvalue weighted by molar-refractivity contribution is 0.0921. The zero-order valence-corrected chi connectivity index (χ0v) is 15.2. The van der Waals surface area contributed by atoms with Crippen molar-refractivity contribution in [2.45, 2.75) is 0 Å². The lowest BCUT2D eigenvalue weighted by Gasteiger charge is -2.19. The summed E-state index contributed by atoms with van der Waals surface area (Å²) in [6.07, 6.45) is 5.28. The van der Waals surface area contributed by atoms with E-state index in [-0.39, 0.29) is 5.91 Å². The van der Waals surface area contributed by atoms with Gasteiger partial charge in [-0.2, -0.15) is 0 Å². The number of hydrogen-bond donors (Lipinski definition) is 1. The van der Waals surface area contributed by atoms with Gasteiger partial charge in [-0.1, -0.05) is 12.1 Å². The second-order valence-corrected chi connectivity index (χ2v) is 6.87. The molecule has 3 heterocycles. The maximum absolute atomic E-state index is 12.4. The Morgan fingerprint density at radius 3 is 3.00 bits per heavy atom. The van der Waals surface area contributed by atoms with Crippen LogP contribution in [0.5, 0.6) is 0 Å². The van der Waals surface area contributed by atoms with Gasteiger partial charge in [0, 0.05) is 49.1 Å². The molecule has 140 valence electrons. The van der Waals surface area contributed by atoms with Crippen molar-refractivity contribution in [2.75, 3.05) is 39.9 Å². The molecule has 0 radical (unpaired) electrons. The van der Waals surface area contributed by atoms with E-state index in [1.807, 2.05) is 30.5 Å². The van der Waals surface area contributed by atoms with E-state index in [9.17, 15) is 4.79 Å². The van der Waals surface area contributed by atoms with Crippen LogP contribution in [0.4, 0.5) is 0 Å². The van der Waals surface area contributed by atoms with Gasteiger partial charge in [0.15, 0.2) is 0 Å². The van der Waals surface area contributed by atoms with Crippen molar-refractivity contribution in [2.24, 2.45) is 5.92 Å². The SMILES string of the molecule is CN1CCOCC(CNC(=O)c2ccc(-c3cnc4nncn4c3)cc2)C1. The van der Waals surface area contributed by atoms with Crippen molar-refractivity contribution in [3.05, 3.63) is 48.5 Å². The largest absolute Gasteiger partial charge is 0.380 e. The molecule has 0 bridgehead atoms. The molecule has 1 fully saturated rings. The van der Waals surface area contributed by atoms with Gasteiger partial charge in [-0.15, -0.1) is 10.2 Å². The van der Waals surface area contributed by atoms with E-state index in [1.165, 1.54) is 0 Å². The van der Waals surface area contributed by atoms with Gasteiger partial charge in [0.1, 0.15) is 6.33 Å². The predicted molar refractivity (Wildman–Crippen MR) is 100 cm³/mol. The zero-order chi connectivity index (χ0) is 18.6. The first-order valence-corrected chi connectivity index (χ1v) is 8.99. The molecular formula is C19H22N6O2. The number of carbonyl (C=O) groups is 1. The van der Waals surface area contributed by atoms with Crippen LogP contribution in [-0.2, 0) is 4.74 Å². The number of hydrogen-bond acceptors (Lipinski definition) is 6. The van der Waals surface area contributed by atoms with Crippen LogP contribution in [0.3, 0.4) is 0 Å². The molecule has 1 unspecified atom stereocenters. The van der Waals surface area contributed by atoms with E-state index in [4.69, 9.17) is 4.74 Å². The summed E-state index contributed by atoms with van der Waals surface area (Å²) in [4.78, 5) is 18.9. The van der Waals surface area contributed by atoms with E-state index in [0.717, 1.165) is 30.8 Å². The summed E-state index contributed by atoms with van der Waals surface area (Å²) in [5, 5.41) is 10.7. The highest BCUT2D eigenvalue weighted by molar-refractivity contribution is 5.94. The molecule has 3 aromatic rings. The van der Waals surface area contributed by atoms with Crippen LogP contribution in [0.15, 0.2) is 43.0 Å². The maximum atomic E-state index is 12.4. The molecular weight excluding hydrogens is 344 g/mol. The van der Waals surface area contributed by atoms with Gasteiger partial charge in [-0.25, -0.2) is 4.98 Å². The minimum absolute atomic E-state index is 0.0687. The van der Waals surface area contributed by atoms with E-state index in [2.05, 4.69) is 32.4 Å². The summed E-state index contributed by atoms with van der Waals surface area (Å²) in [5.41, 5.74) is 2.56. The fourth-order valence-corrected chi connectivity index (χ4v) is 3.21. The average Bonchev–Trinajstić information content (AvgIpc) is 3.06. The Hall–Kier alpha value is -2.84. The number of nitrogens with one attached hydrogen (secondary N) is 1. The van der Waals surface area contributed by atoms with Crippen LogP contribution in [0.25, 0.3) is 16.9 Å². The van der Waals surface area contributed by atoms with Gasteiger partial charge in [0.05, 0.1) is 13.2 Å². The van der Waals surface area contributed by atoms with Crippen molar-refractivity contribution in [3.63, 3.8) is 0 Å². The van der Waals surface area contributed by atoms with Crippen LogP contribution in [0.2, 0.25) is 0 Å². The number of benzene rings is 1. The van der Waals surface area contributed by atoms with Gasteiger partial charge in [0.2, 0.25) is 0 Å². The molecule has 1 amide bonds. The fraction of sp³-hybridized carbons (Fsp3) is 0.368. The quantitative estimate of drug-likeness (QED) is 0.744. The number of nitrogens with zero attached hydrogens (tertiary/aromatic N) is 5. The molecule has 1 aliphatic heterocycles. The molecule has 1 atom stereocenters. The van der Waals surface area contributed by atoms with Crippen LogP contribution < -0.4 is 5.32 Å². The summed E-state index contributed by atoms with van der Waals surface area (Å²) in [6, 6.07) is 7.50. The molecule has 1 aromatic carbocycles. The third kappa shape index (κ3) is 4.12. The summed E-state index contributed by atoms with van der Waals surface area (Å²) in [6.45, 7) is 3.90. The normalized spacial score (nSPS) is 18.3. The van der Waals surface area contributed by atoms with Crippen LogP contribution in [0, 0.1) is 5.92 Å². The van der Waals surface area contributed by atoms with E-state index < -0.39 is 0 Å². The third-order valence-corrected chi connectivity index (χ3v) is 4.72. The molecule has 1 aliphatic rings. The van der Waals surface area contributed by atoms with Crippen molar-refractivity contribution in [1.29, 1.82) is 0 Å². The second kappa shape index (κ2) is 7.81. The minimum atomic E-state index is -0.0687. The Morgan fingerprint density at radius 1 is 1.30 bits per heavy atom. The molecule has 8 nitrogen and oxygen atoms in total. The van der Waals surface area contributed by atoms with Crippen LogP contribution in [0.1, 0.15) is 10.4 Å². The van der Waals surface area contributed by atoms with Crippen molar-refractivity contribution in [1.82, 2.24) is 29.8 Å². The van der Waals surface area contributed by atoms with E-state index >= 15 is 0 Å². The monoisotopic (exact) mass is 366 g/mol. The topological polar surface area (TPSA) is 84.6 Å². The Morgan fingerprint density at radius 2 is 2.15 bits per heavy atom. The highest BCUT2D eigenvalue weighted by Gasteiger charge is 2.17. The van der Waals surface area contributed by atoms with Gasteiger partial charge in [-0.3, -0.25) is 9.20 Å². The summed E-state index contributed by atoms with van der Waals surface area (Å²) in [5.74, 6) is 0.797. The molecule has 0 spiro atoms. The Bertz CT molecular complexity index is 923. The fourth-order valence-electron chi connectivity index (χ4n) is 3.21. The summed E-state index contributed by atoms with van der Waals surface area (Å²) in [7, 11) is 2.08. The molecule has 8 heteroatoms.